The lowest BCUT2D eigenvalue weighted by Gasteiger charge is -2.30. The van der Waals surface area contributed by atoms with Gasteiger partial charge in [0.05, 0.1) is 12.5 Å². The second-order valence-corrected chi connectivity index (χ2v) is 10.1. The SMILES string of the molecule is O=C(NCc1cccc(CN2CCCC2)c1)C1CCCN(Cc2nc(-c3cccc(Cl)c3)no2)C1. The number of benzene rings is 2. The highest BCUT2D eigenvalue weighted by Crippen LogP contribution is 2.22. The van der Waals surface area contributed by atoms with Gasteiger partial charge in [0.1, 0.15) is 0 Å². The summed E-state index contributed by atoms with van der Waals surface area (Å²) in [4.78, 5) is 22.2. The van der Waals surface area contributed by atoms with E-state index in [1.807, 2.05) is 24.3 Å². The molecule has 3 heterocycles. The first-order valence-corrected chi connectivity index (χ1v) is 12.9. The highest BCUT2D eigenvalue weighted by atomic mass is 35.5. The fourth-order valence-corrected chi connectivity index (χ4v) is 5.23. The van der Waals surface area contributed by atoms with Crippen molar-refractivity contribution in [2.75, 3.05) is 26.2 Å². The minimum atomic E-state index is -0.0353. The standard InChI is InChI=1S/C27H32ClN5O2/c28-24-10-4-8-22(15-24)26-30-25(35-31-26)19-33-13-5-9-23(18-33)27(34)29-16-20-6-3-7-21(14-20)17-32-11-1-2-12-32/h3-4,6-8,10,14-15,23H,1-2,5,9,11-13,16-19H2,(H,29,34). The molecule has 0 bridgehead atoms. The molecule has 2 aliphatic heterocycles. The van der Waals surface area contributed by atoms with Gasteiger partial charge in [0.15, 0.2) is 0 Å². The first kappa shape index (κ1) is 24.0. The molecule has 0 radical (unpaired) electrons. The van der Waals surface area contributed by atoms with Gasteiger partial charge in [0.2, 0.25) is 17.6 Å². The van der Waals surface area contributed by atoms with Crippen molar-refractivity contribution >= 4 is 17.5 Å². The summed E-state index contributed by atoms with van der Waals surface area (Å²) >= 11 is 6.08. The first-order valence-electron chi connectivity index (χ1n) is 12.5. The number of carbonyl (C=O) groups excluding carboxylic acids is 1. The third kappa shape index (κ3) is 6.48. The van der Waals surface area contributed by atoms with Crippen LogP contribution in [0, 0.1) is 5.92 Å². The van der Waals surface area contributed by atoms with Crippen LogP contribution in [-0.4, -0.2) is 52.0 Å². The maximum Gasteiger partial charge on any atom is 0.241 e. The predicted octanol–water partition coefficient (Wildman–Crippen LogP) is 4.51. The number of nitrogens with one attached hydrogen (secondary N) is 1. The molecule has 1 atom stereocenters. The van der Waals surface area contributed by atoms with Crippen LogP contribution in [0.15, 0.2) is 53.1 Å². The Labute approximate surface area is 211 Å². The molecule has 1 amide bonds. The van der Waals surface area contributed by atoms with Crippen LogP contribution >= 0.6 is 11.6 Å². The maximum absolute atomic E-state index is 12.9. The number of halogens is 1. The predicted molar refractivity (Wildman–Crippen MR) is 136 cm³/mol. The Morgan fingerprint density at radius 3 is 2.66 bits per heavy atom. The van der Waals surface area contributed by atoms with Gasteiger partial charge in [0.25, 0.3) is 0 Å². The van der Waals surface area contributed by atoms with Crippen LogP contribution in [0.4, 0.5) is 0 Å². The minimum Gasteiger partial charge on any atom is -0.352 e. The van der Waals surface area contributed by atoms with Crippen molar-refractivity contribution in [3.63, 3.8) is 0 Å². The molecule has 2 saturated heterocycles. The van der Waals surface area contributed by atoms with Gasteiger partial charge in [-0.2, -0.15) is 4.98 Å². The van der Waals surface area contributed by atoms with Crippen LogP contribution in [0.25, 0.3) is 11.4 Å². The fourth-order valence-electron chi connectivity index (χ4n) is 5.04. The Morgan fingerprint density at radius 2 is 1.80 bits per heavy atom. The number of hydrogen-bond donors (Lipinski definition) is 1. The third-order valence-electron chi connectivity index (χ3n) is 6.85. The molecule has 2 aromatic carbocycles. The van der Waals surface area contributed by atoms with Gasteiger partial charge in [-0.3, -0.25) is 14.6 Å². The van der Waals surface area contributed by atoms with E-state index in [2.05, 4.69) is 49.5 Å². The molecule has 1 aromatic heterocycles. The summed E-state index contributed by atoms with van der Waals surface area (Å²) < 4.78 is 5.47. The Morgan fingerprint density at radius 1 is 1.00 bits per heavy atom. The summed E-state index contributed by atoms with van der Waals surface area (Å²) in [5.41, 5.74) is 3.30. The first-order chi connectivity index (χ1) is 17.1. The second kappa shape index (κ2) is 11.3. The topological polar surface area (TPSA) is 74.5 Å². The Hall–Kier alpha value is -2.74. The summed E-state index contributed by atoms with van der Waals surface area (Å²) in [6.07, 6.45) is 4.46. The molecule has 2 aliphatic rings. The molecular weight excluding hydrogens is 462 g/mol. The van der Waals surface area contributed by atoms with Gasteiger partial charge in [-0.05, 0) is 68.6 Å². The van der Waals surface area contributed by atoms with Crippen LogP contribution in [-0.2, 0) is 24.4 Å². The number of nitrogens with zero attached hydrogens (tertiary/aromatic N) is 4. The minimum absolute atomic E-state index is 0.0353. The van der Waals surface area contributed by atoms with Crippen LogP contribution in [0.1, 0.15) is 42.7 Å². The summed E-state index contributed by atoms with van der Waals surface area (Å²) in [6, 6.07) is 16.0. The Kier molecular flexibility index (Phi) is 7.76. The molecule has 8 heteroatoms. The largest absolute Gasteiger partial charge is 0.352 e. The normalized spacial score (nSPS) is 19.2. The van der Waals surface area contributed by atoms with Crippen molar-refractivity contribution in [2.24, 2.45) is 5.92 Å². The number of rotatable bonds is 8. The average Bonchev–Trinajstić information content (AvgIpc) is 3.55. The summed E-state index contributed by atoms with van der Waals surface area (Å²) in [5.74, 6) is 1.16. The third-order valence-corrected chi connectivity index (χ3v) is 7.08. The number of piperidine rings is 1. The van der Waals surface area contributed by atoms with E-state index >= 15 is 0 Å². The number of hydrogen-bond acceptors (Lipinski definition) is 6. The molecular formula is C27H32ClN5O2. The highest BCUT2D eigenvalue weighted by molar-refractivity contribution is 6.30. The van der Waals surface area contributed by atoms with E-state index in [0.717, 1.165) is 37.1 Å². The maximum atomic E-state index is 12.9. The summed E-state index contributed by atoms with van der Waals surface area (Å²) in [7, 11) is 0. The van der Waals surface area contributed by atoms with E-state index in [4.69, 9.17) is 16.1 Å². The van der Waals surface area contributed by atoms with E-state index in [9.17, 15) is 4.79 Å². The van der Waals surface area contributed by atoms with Gasteiger partial charge in [-0.1, -0.05) is 53.2 Å². The van der Waals surface area contributed by atoms with Crippen molar-refractivity contribution < 1.29 is 9.32 Å². The molecule has 3 aromatic rings. The van der Waals surface area contributed by atoms with Gasteiger partial charge in [0, 0.05) is 30.2 Å². The number of amides is 1. The zero-order valence-corrected chi connectivity index (χ0v) is 20.7. The van der Waals surface area contributed by atoms with E-state index in [1.165, 1.54) is 31.5 Å². The number of carbonyl (C=O) groups is 1. The lowest BCUT2D eigenvalue weighted by atomic mass is 9.97. The molecule has 7 nitrogen and oxygen atoms in total. The van der Waals surface area contributed by atoms with Gasteiger partial charge >= 0.3 is 0 Å². The van der Waals surface area contributed by atoms with E-state index < -0.39 is 0 Å². The van der Waals surface area contributed by atoms with E-state index in [1.54, 1.807) is 0 Å². The second-order valence-electron chi connectivity index (χ2n) is 9.62. The zero-order valence-electron chi connectivity index (χ0n) is 20.0. The summed E-state index contributed by atoms with van der Waals surface area (Å²) in [6.45, 7) is 6.07. The monoisotopic (exact) mass is 493 g/mol. The smallest absolute Gasteiger partial charge is 0.241 e. The average molecular weight is 494 g/mol. The molecule has 2 fully saturated rings. The molecule has 0 aliphatic carbocycles. The quantitative estimate of drug-likeness (QED) is 0.497. The molecule has 5 rings (SSSR count). The van der Waals surface area contributed by atoms with Crippen molar-refractivity contribution in [2.45, 2.75) is 45.3 Å². The molecule has 184 valence electrons. The van der Waals surface area contributed by atoms with Crippen molar-refractivity contribution in [3.8, 4) is 11.4 Å². The van der Waals surface area contributed by atoms with Gasteiger partial charge in [-0.25, -0.2) is 0 Å². The van der Waals surface area contributed by atoms with Crippen molar-refractivity contribution in [1.29, 1.82) is 0 Å². The van der Waals surface area contributed by atoms with Gasteiger partial charge in [-0.15, -0.1) is 0 Å². The lowest BCUT2D eigenvalue weighted by molar-refractivity contribution is -0.127. The van der Waals surface area contributed by atoms with E-state index in [0.29, 0.717) is 36.4 Å². The molecule has 1 unspecified atom stereocenters. The fraction of sp³-hybridized carbons (Fsp3) is 0.444. The van der Waals surface area contributed by atoms with Crippen LogP contribution in [0.3, 0.4) is 0 Å². The zero-order chi connectivity index (χ0) is 24.0. The van der Waals surface area contributed by atoms with Crippen LogP contribution in [0.5, 0.6) is 0 Å². The van der Waals surface area contributed by atoms with Crippen LogP contribution in [0.2, 0.25) is 5.02 Å². The molecule has 0 saturated carbocycles. The van der Waals surface area contributed by atoms with Crippen LogP contribution < -0.4 is 5.32 Å². The van der Waals surface area contributed by atoms with E-state index in [-0.39, 0.29) is 11.8 Å². The van der Waals surface area contributed by atoms with Crippen molar-refractivity contribution in [3.05, 3.63) is 70.6 Å². The number of aromatic nitrogens is 2. The van der Waals surface area contributed by atoms with Gasteiger partial charge < -0.3 is 9.84 Å². The lowest BCUT2D eigenvalue weighted by Crippen LogP contribution is -2.42. The van der Waals surface area contributed by atoms with Crippen molar-refractivity contribution in [1.82, 2.24) is 25.3 Å². The molecule has 35 heavy (non-hydrogen) atoms. The highest BCUT2D eigenvalue weighted by Gasteiger charge is 2.27. The number of likely N-dealkylation sites (tertiary alicyclic amines) is 2. The summed E-state index contributed by atoms with van der Waals surface area (Å²) in [5, 5.41) is 7.89. The Balaban J connectivity index is 1.12. The Bertz CT molecular complexity index is 1140. The molecule has 0 spiro atoms. The molecule has 1 N–H and O–H groups in total.